The highest BCUT2D eigenvalue weighted by molar-refractivity contribution is 9.11. The monoisotopic (exact) mass is 470 g/mol. The number of benzene rings is 1. The van der Waals surface area contributed by atoms with Crippen LogP contribution < -0.4 is 14.8 Å². The third-order valence-corrected chi connectivity index (χ3v) is 4.24. The second kappa shape index (κ2) is 6.93. The molecule has 0 unspecified atom stereocenters. The molecule has 1 aromatic carbocycles. The van der Waals surface area contributed by atoms with Crippen molar-refractivity contribution >= 4 is 55.6 Å². The Kier molecular flexibility index (Phi) is 4.87. The molecular weight excluding hydrogens is 463 g/mol. The van der Waals surface area contributed by atoms with Crippen molar-refractivity contribution < 1.29 is 23.5 Å². The number of rotatable bonds is 2. The van der Waals surface area contributed by atoms with Gasteiger partial charge in [-0.2, -0.15) is 9.37 Å². The fourth-order valence-corrected chi connectivity index (χ4v) is 3.46. The zero-order valence-electron chi connectivity index (χ0n) is 12.6. The Bertz CT molecular complexity index is 907. The summed E-state index contributed by atoms with van der Waals surface area (Å²) in [6.07, 6.45) is 1.49. The van der Waals surface area contributed by atoms with Crippen LogP contribution in [0.3, 0.4) is 0 Å². The first-order valence-electron chi connectivity index (χ1n) is 6.88. The van der Waals surface area contributed by atoms with Crippen molar-refractivity contribution in [2.75, 3.05) is 5.32 Å². The molecule has 25 heavy (non-hydrogen) atoms. The van der Waals surface area contributed by atoms with Gasteiger partial charge in [-0.05, 0) is 67.8 Å². The molecule has 2 aromatic rings. The summed E-state index contributed by atoms with van der Waals surface area (Å²) in [4.78, 5) is 26.8. The minimum absolute atomic E-state index is 0.0138. The number of hydrogen-bond donors (Lipinski definition) is 1. The Morgan fingerprint density at radius 3 is 2.64 bits per heavy atom. The van der Waals surface area contributed by atoms with Crippen LogP contribution in [0.1, 0.15) is 12.5 Å². The number of carbonyl (C=O) groups excluding carboxylic acids is 2. The Morgan fingerprint density at radius 1 is 1.32 bits per heavy atom. The van der Waals surface area contributed by atoms with Gasteiger partial charge in [-0.1, -0.05) is 0 Å². The second-order valence-electron chi connectivity index (χ2n) is 4.95. The number of anilines is 1. The van der Waals surface area contributed by atoms with Crippen LogP contribution in [0, 0.1) is 5.95 Å². The summed E-state index contributed by atoms with van der Waals surface area (Å²) < 4.78 is 24.7. The molecule has 0 fully saturated rings. The molecule has 6 nitrogen and oxygen atoms in total. The number of nitrogens with one attached hydrogen (secondary N) is 1. The second-order valence-corrected chi connectivity index (χ2v) is 6.66. The standard InChI is InChI=1S/C16H9Br2FN2O4/c1-7(22)24-14-9(17)4-8(5-10(14)18)6-12-16(23)21-15-11(25-12)2-3-13(19)20-15/h2-6H,1H3,(H,20,21,23)/b12-6-. The molecule has 0 saturated heterocycles. The highest BCUT2D eigenvalue weighted by Crippen LogP contribution is 2.36. The molecule has 0 saturated carbocycles. The molecule has 1 aromatic heterocycles. The molecule has 0 aliphatic carbocycles. The third kappa shape index (κ3) is 3.88. The van der Waals surface area contributed by atoms with Gasteiger partial charge >= 0.3 is 5.97 Å². The number of nitrogens with zero attached hydrogens (tertiary/aromatic N) is 1. The van der Waals surface area contributed by atoms with E-state index >= 15 is 0 Å². The number of carbonyl (C=O) groups is 2. The van der Waals surface area contributed by atoms with E-state index in [-0.39, 0.29) is 17.3 Å². The van der Waals surface area contributed by atoms with E-state index in [9.17, 15) is 14.0 Å². The normalized spacial score (nSPS) is 14.6. The van der Waals surface area contributed by atoms with Gasteiger partial charge < -0.3 is 14.8 Å². The number of fused-ring (bicyclic) bond motifs is 1. The molecule has 9 heteroatoms. The van der Waals surface area contributed by atoms with E-state index in [1.807, 2.05) is 0 Å². The van der Waals surface area contributed by atoms with Crippen LogP contribution in [0.15, 0.2) is 39.0 Å². The molecule has 2 heterocycles. The first-order chi connectivity index (χ1) is 11.8. The fraction of sp³-hybridized carbons (Fsp3) is 0.0625. The van der Waals surface area contributed by atoms with Crippen LogP contribution in [-0.2, 0) is 9.59 Å². The van der Waals surface area contributed by atoms with Gasteiger partial charge in [-0.3, -0.25) is 9.59 Å². The van der Waals surface area contributed by atoms with Crippen molar-refractivity contribution in [3.63, 3.8) is 0 Å². The van der Waals surface area contributed by atoms with Crippen molar-refractivity contribution in [2.24, 2.45) is 0 Å². The van der Waals surface area contributed by atoms with Crippen LogP contribution >= 0.6 is 31.9 Å². The predicted molar refractivity (Wildman–Crippen MR) is 94.6 cm³/mol. The lowest BCUT2D eigenvalue weighted by molar-refractivity contribution is -0.132. The lowest BCUT2D eigenvalue weighted by Crippen LogP contribution is -2.24. The Hall–Kier alpha value is -2.26. The van der Waals surface area contributed by atoms with Gasteiger partial charge in [0.15, 0.2) is 23.1 Å². The zero-order chi connectivity index (χ0) is 18.1. The highest BCUT2D eigenvalue weighted by atomic mass is 79.9. The molecule has 0 atom stereocenters. The molecule has 1 N–H and O–H groups in total. The number of hydrogen-bond acceptors (Lipinski definition) is 5. The number of amides is 1. The molecule has 128 valence electrons. The van der Waals surface area contributed by atoms with E-state index in [0.717, 1.165) is 6.07 Å². The summed E-state index contributed by atoms with van der Waals surface area (Å²) in [6.45, 7) is 1.29. The van der Waals surface area contributed by atoms with Gasteiger partial charge in [0.05, 0.1) is 8.95 Å². The summed E-state index contributed by atoms with van der Waals surface area (Å²) in [5.74, 6) is -1.13. The lowest BCUT2D eigenvalue weighted by Gasteiger charge is -2.18. The van der Waals surface area contributed by atoms with Gasteiger partial charge in [0.25, 0.3) is 5.91 Å². The smallest absolute Gasteiger partial charge is 0.308 e. The maximum Gasteiger partial charge on any atom is 0.308 e. The highest BCUT2D eigenvalue weighted by Gasteiger charge is 2.24. The van der Waals surface area contributed by atoms with E-state index in [1.165, 1.54) is 19.1 Å². The molecule has 0 radical (unpaired) electrons. The largest absolute Gasteiger partial charge is 0.448 e. The molecule has 0 spiro atoms. The first kappa shape index (κ1) is 17.6. The number of aromatic nitrogens is 1. The minimum Gasteiger partial charge on any atom is -0.448 e. The van der Waals surface area contributed by atoms with Crippen LogP contribution in [0.25, 0.3) is 6.08 Å². The predicted octanol–water partition coefficient (Wildman–Crippen LogP) is 4.04. The van der Waals surface area contributed by atoms with Crippen molar-refractivity contribution in [1.29, 1.82) is 0 Å². The van der Waals surface area contributed by atoms with Crippen molar-refractivity contribution in [1.82, 2.24) is 4.98 Å². The topological polar surface area (TPSA) is 77.5 Å². The zero-order valence-corrected chi connectivity index (χ0v) is 15.8. The van der Waals surface area contributed by atoms with Crippen LogP contribution in [-0.4, -0.2) is 16.9 Å². The van der Waals surface area contributed by atoms with Crippen LogP contribution in [0.4, 0.5) is 10.2 Å². The summed E-state index contributed by atoms with van der Waals surface area (Å²) >= 11 is 6.62. The molecule has 1 aliphatic heterocycles. The van der Waals surface area contributed by atoms with E-state index in [0.29, 0.717) is 20.3 Å². The first-order valence-corrected chi connectivity index (χ1v) is 8.47. The van der Waals surface area contributed by atoms with Crippen LogP contribution in [0.5, 0.6) is 11.5 Å². The Morgan fingerprint density at radius 2 is 2.00 bits per heavy atom. The summed E-state index contributed by atoms with van der Waals surface area (Å²) in [5, 5.41) is 2.46. The van der Waals surface area contributed by atoms with Gasteiger partial charge in [0, 0.05) is 6.92 Å². The maximum absolute atomic E-state index is 13.1. The van der Waals surface area contributed by atoms with E-state index < -0.39 is 17.8 Å². The van der Waals surface area contributed by atoms with E-state index in [1.54, 1.807) is 12.1 Å². The lowest BCUT2D eigenvalue weighted by atomic mass is 10.2. The average molecular weight is 472 g/mol. The average Bonchev–Trinajstić information content (AvgIpc) is 2.52. The van der Waals surface area contributed by atoms with E-state index in [4.69, 9.17) is 9.47 Å². The quantitative estimate of drug-likeness (QED) is 0.309. The van der Waals surface area contributed by atoms with Crippen molar-refractivity contribution in [3.8, 4) is 11.5 Å². The minimum atomic E-state index is -0.719. The Labute approximate surface area is 158 Å². The van der Waals surface area contributed by atoms with Crippen molar-refractivity contribution in [3.05, 3.63) is 50.5 Å². The fourth-order valence-electron chi connectivity index (χ4n) is 2.08. The number of ether oxygens (including phenoxy) is 2. The molecule has 3 rings (SSSR count). The SMILES string of the molecule is CC(=O)Oc1c(Br)cc(/C=C2\Oc3ccc(F)nc3NC2=O)cc1Br. The number of esters is 1. The Balaban J connectivity index is 1.94. The van der Waals surface area contributed by atoms with Gasteiger partial charge in [0.1, 0.15) is 0 Å². The molecule has 1 amide bonds. The third-order valence-electron chi connectivity index (χ3n) is 3.06. The summed E-state index contributed by atoms with van der Waals surface area (Å²) in [7, 11) is 0. The summed E-state index contributed by atoms with van der Waals surface area (Å²) in [6, 6.07) is 5.83. The molecular formula is C16H9Br2FN2O4. The number of pyridine rings is 1. The van der Waals surface area contributed by atoms with Crippen molar-refractivity contribution in [2.45, 2.75) is 6.92 Å². The van der Waals surface area contributed by atoms with Gasteiger partial charge in [0.2, 0.25) is 5.95 Å². The number of halogens is 3. The van der Waals surface area contributed by atoms with Crippen LogP contribution in [0.2, 0.25) is 0 Å². The molecule has 0 bridgehead atoms. The van der Waals surface area contributed by atoms with Gasteiger partial charge in [-0.25, -0.2) is 0 Å². The molecule has 1 aliphatic rings. The summed E-state index contributed by atoms with van der Waals surface area (Å²) in [5.41, 5.74) is 0.610. The maximum atomic E-state index is 13.1. The van der Waals surface area contributed by atoms with Gasteiger partial charge in [-0.15, -0.1) is 0 Å². The van der Waals surface area contributed by atoms with E-state index in [2.05, 4.69) is 42.2 Å².